The number of fused-ring (bicyclic) bond motifs is 1. The van der Waals surface area contributed by atoms with Gasteiger partial charge in [0, 0.05) is 19.8 Å². The Morgan fingerprint density at radius 3 is 2.95 bits per heavy atom. The lowest BCUT2D eigenvalue weighted by Gasteiger charge is -2.26. The summed E-state index contributed by atoms with van der Waals surface area (Å²) in [5.74, 6) is 0.0373. The molecule has 0 saturated heterocycles. The van der Waals surface area contributed by atoms with Crippen LogP contribution in [0.3, 0.4) is 0 Å². The van der Waals surface area contributed by atoms with Crippen molar-refractivity contribution >= 4 is 11.6 Å². The van der Waals surface area contributed by atoms with E-state index in [4.69, 9.17) is 5.73 Å². The molecule has 0 radical (unpaired) electrons. The Morgan fingerprint density at radius 1 is 1.43 bits per heavy atom. The molecule has 0 spiro atoms. The lowest BCUT2D eigenvalue weighted by molar-refractivity contribution is 0.0720. The van der Waals surface area contributed by atoms with Crippen LogP contribution in [0.1, 0.15) is 41.0 Å². The van der Waals surface area contributed by atoms with Crippen molar-refractivity contribution in [1.82, 2.24) is 9.47 Å². The van der Waals surface area contributed by atoms with Crippen molar-refractivity contribution in [2.75, 3.05) is 12.8 Å². The number of benzene rings is 1. The quantitative estimate of drug-likeness (QED) is 0.941. The van der Waals surface area contributed by atoms with Gasteiger partial charge in [0.05, 0.1) is 11.7 Å². The lowest BCUT2D eigenvalue weighted by Crippen LogP contribution is -2.31. The van der Waals surface area contributed by atoms with Crippen molar-refractivity contribution in [2.45, 2.75) is 32.4 Å². The maximum absolute atomic E-state index is 12.8. The summed E-state index contributed by atoms with van der Waals surface area (Å²) in [6, 6.07) is 10.3. The number of nitrogen functional groups attached to an aromatic ring is 1. The van der Waals surface area contributed by atoms with Gasteiger partial charge in [0.25, 0.3) is 5.91 Å². The van der Waals surface area contributed by atoms with Gasteiger partial charge in [0.2, 0.25) is 0 Å². The number of nitrogens with two attached hydrogens (primary N) is 1. The molecule has 1 heterocycles. The molecule has 1 atom stereocenters. The molecule has 1 aromatic heterocycles. The SMILES string of the molecule is CCn1cc(N)cc1C(=O)N(C)C1CCc2ccccc21. The zero-order valence-electron chi connectivity index (χ0n) is 12.5. The predicted octanol–water partition coefficient (Wildman–Crippen LogP) is 2.85. The third-order valence-corrected chi connectivity index (χ3v) is 4.37. The van der Waals surface area contributed by atoms with Gasteiger partial charge in [-0.1, -0.05) is 24.3 Å². The molecule has 2 aromatic rings. The van der Waals surface area contributed by atoms with Gasteiger partial charge in [-0.25, -0.2) is 0 Å². The van der Waals surface area contributed by atoms with Crippen molar-refractivity contribution in [2.24, 2.45) is 0 Å². The standard InChI is InChI=1S/C17H21N3O/c1-3-20-11-13(18)10-16(20)17(21)19(2)15-9-8-12-6-4-5-7-14(12)15/h4-7,10-11,15H,3,8-9,18H2,1-2H3. The van der Waals surface area contributed by atoms with Crippen LogP contribution in [0.5, 0.6) is 0 Å². The van der Waals surface area contributed by atoms with E-state index >= 15 is 0 Å². The Labute approximate surface area is 125 Å². The third-order valence-electron chi connectivity index (χ3n) is 4.37. The van der Waals surface area contributed by atoms with E-state index in [1.165, 1.54) is 11.1 Å². The first-order valence-corrected chi connectivity index (χ1v) is 7.42. The topological polar surface area (TPSA) is 51.3 Å². The van der Waals surface area contributed by atoms with E-state index in [-0.39, 0.29) is 11.9 Å². The van der Waals surface area contributed by atoms with Gasteiger partial charge in [-0.05, 0) is 37.0 Å². The zero-order chi connectivity index (χ0) is 15.0. The maximum Gasteiger partial charge on any atom is 0.270 e. The minimum absolute atomic E-state index is 0.0373. The molecular formula is C17H21N3O. The van der Waals surface area contributed by atoms with Crippen LogP contribution in [-0.4, -0.2) is 22.4 Å². The number of nitrogens with zero attached hydrogens (tertiary/aromatic N) is 2. The van der Waals surface area contributed by atoms with E-state index in [1.54, 1.807) is 6.07 Å². The number of anilines is 1. The van der Waals surface area contributed by atoms with E-state index in [9.17, 15) is 4.79 Å². The van der Waals surface area contributed by atoms with Crippen molar-refractivity contribution < 1.29 is 4.79 Å². The van der Waals surface area contributed by atoms with Gasteiger partial charge in [-0.3, -0.25) is 4.79 Å². The van der Waals surface area contributed by atoms with Crippen molar-refractivity contribution in [1.29, 1.82) is 0 Å². The van der Waals surface area contributed by atoms with Crippen LogP contribution in [0, 0.1) is 0 Å². The van der Waals surface area contributed by atoms with Gasteiger partial charge in [0.15, 0.2) is 0 Å². The Kier molecular flexibility index (Phi) is 3.45. The summed E-state index contributed by atoms with van der Waals surface area (Å²) in [6.45, 7) is 2.76. The number of amides is 1. The van der Waals surface area contributed by atoms with Crippen LogP contribution >= 0.6 is 0 Å². The van der Waals surface area contributed by atoms with Crippen molar-refractivity contribution in [3.05, 3.63) is 53.3 Å². The fourth-order valence-electron chi connectivity index (χ4n) is 3.23. The number of aryl methyl sites for hydroxylation is 2. The average Bonchev–Trinajstić information content (AvgIpc) is 3.08. The van der Waals surface area contributed by atoms with E-state index < -0.39 is 0 Å². The number of hydrogen-bond donors (Lipinski definition) is 1. The van der Waals surface area contributed by atoms with Crippen molar-refractivity contribution in [3.8, 4) is 0 Å². The number of carbonyl (C=O) groups excluding carboxylic acids is 1. The third kappa shape index (κ3) is 2.31. The first-order valence-electron chi connectivity index (χ1n) is 7.42. The number of rotatable bonds is 3. The summed E-state index contributed by atoms with van der Waals surface area (Å²) in [7, 11) is 1.89. The molecule has 0 bridgehead atoms. The van der Waals surface area contributed by atoms with E-state index in [2.05, 4.69) is 18.2 Å². The summed E-state index contributed by atoms with van der Waals surface area (Å²) in [5.41, 5.74) is 9.77. The normalized spacial score (nSPS) is 16.8. The van der Waals surface area contributed by atoms with Crippen LogP contribution in [-0.2, 0) is 13.0 Å². The highest BCUT2D eigenvalue weighted by Crippen LogP contribution is 2.35. The minimum Gasteiger partial charge on any atom is -0.397 e. The number of hydrogen-bond acceptors (Lipinski definition) is 2. The molecule has 1 aliphatic carbocycles. The average molecular weight is 283 g/mol. The molecule has 21 heavy (non-hydrogen) atoms. The molecule has 2 N–H and O–H groups in total. The van der Waals surface area contributed by atoms with Crippen LogP contribution in [0.25, 0.3) is 0 Å². The Morgan fingerprint density at radius 2 is 2.19 bits per heavy atom. The Bertz CT molecular complexity index is 674. The Balaban J connectivity index is 1.89. The zero-order valence-corrected chi connectivity index (χ0v) is 12.5. The van der Waals surface area contributed by atoms with Gasteiger partial charge in [-0.2, -0.15) is 0 Å². The van der Waals surface area contributed by atoms with E-state index in [0.29, 0.717) is 11.4 Å². The molecule has 1 unspecified atom stereocenters. The van der Waals surface area contributed by atoms with Crippen LogP contribution in [0.15, 0.2) is 36.5 Å². The van der Waals surface area contributed by atoms with Crippen LogP contribution in [0.4, 0.5) is 5.69 Å². The van der Waals surface area contributed by atoms with Gasteiger partial charge in [0.1, 0.15) is 5.69 Å². The highest BCUT2D eigenvalue weighted by atomic mass is 16.2. The summed E-state index contributed by atoms with van der Waals surface area (Å²) in [4.78, 5) is 14.6. The van der Waals surface area contributed by atoms with Gasteiger partial charge >= 0.3 is 0 Å². The summed E-state index contributed by atoms with van der Waals surface area (Å²) < 4.78 is 1.91. The summed E-state index contributed by atoms with van der Waals surface area (Å²) in [5, 5.41) is 0. The molecule has 0 fully saturated rings. The molecule has 3 rings (SSSR count). The molecule has 1 aliphatic rings. The number of carbonyl (C=O) groups is 1. The highest BCUT2D eigenvalue weighted by molar-refractivity contribution is 5.94. The van der Waals surface area contributed by atoms with E-state index in [0.717, 1.165) is 19.4 Å². The second kappa shape index (κ2) is 5.28. The fraction of sp³-hybridized carbons (Fsp3) is 0.353. The largest absolute Gasteiger partial charge is 0.397 e. The molecule has 110 valence electrons. The molecule has 1 aromatic carbocycles. The Hall–Kier alpha value is -2.23. The first-order chi connectivity index (χ1) is 10.1. The van der Waals surface area contributed by atoms with Gasteiger partial charge < -0.3 is 15.2 Å². The lowest BCUT2D eigenvalue weighted by atomic mass is 10.1. The maximum atomic E-state index is 12.8. The molecular weight excluding hydrogens is 262 g/mol. The van der Waals surface area contributed by atoms with Crippen molar-refractivity contribution in [3.63, 3.8) is 0 Å². The van der Waals surface area contributed by atoms with Crippen LogP contribution in [0.2, 0.25) is 0 Å². The monoisotopic (exact) mass is 283 g/mol. The molecule has 4 nitrogen and oxygen atoms in total. The molecule has 1 amide bonds. The second-order valence-electron chi connectivity index (χ2n) is 5.61. The smallest absolute Gasteiger partial charge is 0.270 e. The molecule has 4 heteroatoms. The fourth-order valence-corrected chi connectivity index (χ4v) is 3.23. The summed E-state index contributed by atoms with van der Waals surface area (Å²) >= 11 is 0. The van der Waals surface area contributed by atoms with Crippen LogP contribution < -0.4 is 5.73 Å². The summed E-state index contributed by atoms with van der Waals surface area (Å²) in [6.07, 6.45) is 3.85. The predicted molar refractivity (Wildman–Crippen MR) is 84.1 cm³/mol. The molecule has 0 aliphatic heterocycles. The number of aromatic nitrogens is 1. The van der Waals surface area contributed by atoms with E-state index in [1.807, 2.05) is 35.7 Å². The minimum atomic E-state index is 0.0373. The molecule has 0 saturated carbocycles. The second-order valence-corrected chi connectivity index (χ2v) is 5.61. The highest BCUT2D eigenvalue weighted by Gasteiger charge is 2.29. The van der Waals surface area contributed by atoms with Gasteiger partial charge in [-0.15, -0.1) is 0 Å². The first kappa shape index (κ1) is 13.7.